The first kappa shape index (κ1) is 17.4. The molecule has 0 spiro atoms. The molecule has 0 fully saturated rings. The molecule has 2 aromatic rings. The minimum Gasteiger partial charge on any atom is -0.310 e. The van der Waals surface area contributed by atoms with Crippen LogP contribution < -0.4 is 5.32 Å². The van der Waals surface area contributed by atoms with Gasteiger partial charge in [-0.05, 0) is 73.2 Å². The summed E-state index contributed by atoms with van der Waals surface area (Å²) < 4.78 is 2.43. The van der Waals surface area contributed by atoms with E-state index in [1.165, 1.54) is 19.0 Å². The van der Waals surface area contributed by atoms with Gasteiger partial charge in [0.05, 0.1) is 10.7 Å². The lowest BCUT2D eigenvalue weighted by molar-refractivity contribution is 0.526. The summed E-state index contributed by atoms with van der Waals surface area (Å²) in [7, 11) is 0. The molecular formula is C16H20BrIN2S. The van der Waals surface area contributed by atoms with E-state index in [1.54, 1.807) is 0 Å². The Hall–Kier alpha value is 0.0200. The van der Waals surface area contributed by atoms with Crippen molar-refractivity contribution in [2.45, 2.75) is 39.7 Å². The highest BCUT2D eigenvalue weighted by molar-refractivity contribution is 14.1. The number of hydrogen-bond donors (Lipinski definition) is 1. The fraction of sp³-hybridized carbons (Fsp3) is 0.438. The van der Waals surface area contributed by atoms with E-state index in [9.17, 15) is 0 Å². The SMILES string of the molecule is CCCNC(Cc1nc(C)c(C)s1)c1cc(Br)ccc1I. The molecule has 1 unspecified atom stereocenters. The highest BCUT2D eigenvalue weighted by Gasteiger charge is 2.17. The first-order valence-electron chi connectivity index (χ1n) is 7.12. The minimum absolute atomic E-state index is 0.319. The molecule has 114 valence electrons. The van der Waals surface area contributed by atoms with Crippen molar-refractivity contribution < 1.29 is 0 Å². The Morgan fingerprint density at radius 1 is 1.38 bits per heavy atom. The zero-order valence-electron chi connectivity index (χ0n) is 12.5. The number of nitrogens with one attached hydrogen (secondary N) is 1. The van der Waals surface area contributed by atoms with Gasteiger partial charge in [-0.15, -0.1) is 11.3 Å². The number of thiazole rings is 1. The minimum atomic E-state index is 0.319. The Kier molecular flexibility index (Phi) is 6.65. The van der Waals surface area contributed by atoms with Gasteiger partial charge in [-0.25, -0.2) is 4.98 Å². The van der Waals surface area contributed by atoms with E-state index in [1.807, 2.05) is 11.3 Å². The summed E-state index contributed by atoms with van der Waals surface area (Å²) in [5.74, 6) is 0. The number of benzene rings is 1. The largest absolute Gasteiger partial charge is 0.310 e. The molecule has 21 heavy (non-hydrogen) atoms. The fourth-order valence-electron chi connectivity index (χ4n) is 2.19. The Labute approximate surface area is 153 Å². The van der Waals surface area contributed by atoms with E-state index in [0.717, 1.165) is 29.6 Å². The van der Waals surface area contributed by atoms with Crippen molar-refractivity contribution in [3.8, 4) is 0 Å². The van der Waals surface area contributed by atoms with Gasteiger partial charge in [0.15, 0.2) is 0 Å². The molecule has 1 N–H and O–H groups in total. The Morgan fingerprint density at radius 2 is 2.14 bits per heavy atom. The third-order valence-electron chi connectivity index (χ3n) is 3.43. The van der Waals surface area contributed by atoms with Crippen molar-refractivity contribution in [1.82, 2.24) is 10.3 Å². The molecule has 1 aromatic carbocycles. The van der Waals surface area contributed by atoms with Gasteiger partial charge in [0.25, 0.3) is 0 Å². The zero-order valence-corrected chi connectivity index (χ0v) is 17.1. The van der Waals surface area contributed by atoms with E-state index in [0.29, 0.717) is 6.04 Å². The van der Waals surface area contributed by atoms with E-state index in [4.69, 9.17) is 4.98 Å². The molecule has 1 atom stereocenters. The normalized spacial score (nSPS) is 12.6. The molecule has 1 aromatic heterocycles. The number of aryl methyl sites for hydroxylation is 2. The molecule has 0 saturated heterocycles. The predicted molar refractivity (Wildman–Crippen MR) is 103 cm³/mol. The molecular weight excluding hydrogens is 459 g/mol. The number of rotatable bonds is 6. The Morgan fingerprint density at radius 3 is 2.76 bits per heavy atom. The average molecular weight is 479 g/mol. The van der Waals surface area contributed by atoms with Crippen LogP contribution in [0.2, 0.25) is 0 Å². The van der Waals surface area contributed by atoms with Crippen LogP contribution >= 0.6 is 49.9 Å². The van der Waals surface area contributed by atoms with Crippen LogP contribution in [0.15, 0.2) is 22.7 Å². The Bertz CT molecular complexity index is 593. The molecule has 1 heterocycles. The first-order valence-corrected chi connectivity index (χ1v) is 9.81. The van der Waals surface area contributed by atoms with Crippen LogP contribution in [0.25, 0.3) is 0 Å². The summed E-state index contributed by atoms with van der Waals surface area (Å²) in [4.78, 5) is 6.02. The number of halogens is 2. The van der Waals surface area contributed by atoms with Crippen LogP contribution in [-0.2, 0) is 6.42 Å². The second-order valence-electron chi connectivity index (χ2n) is 5.13. The van der Waals surface area contributed by atoms with Crippen LogP contribution in [-0.4, -0.2) is 11.5 Å². The third kappa shape index (κ3) is 4.74. The van der Waals surface area contributed by atoms with E-state index in [-0.39, 0.29) is 0 Å². The van der Waals surface area contributed by atoms with Gasteiger partial charge in [0.1, 0.15) is 0 Å². The monoisotopic (exact) mass is 478 g/mol. The number of hydrogen-bond acceptors (Lipinski definition) is 3. The van der Waals surface area contributed by atoms with Gasteiger partial charge in [0.2, 0.25) is 0 Å². The summed E-state index contributed by atoms with van der Waals surface area (Å²) in [6.45, 7) is 7.46. The van der Waals surface area contributed by atoms with Crippen molar-refractivity contribution in [2.75, 3.05) is 6.54 Å². The summed E-state index contributed by atoms with van der Waals surface area (Å²) in [5, 5.41) is 4.89. The molecule has 0 saturated carbocycles. The number of aromatic nitrogens is 1. The molecule has 0 aliphatic carbocycles. The lowest BCUT2D eigenvalue weighted by atomic mass is 10.0. The molecule has 0 radical (unpaired) electrons. The van der Waals surface area contributed by atoms with Crippen molar-refractivity contribution in [1.29, 1.82) is 0 Å². The van der Waals surface area contributed by atoms with Gasteiger partial charge in [0, 0.05) is 25.4 Å². The van der Waals surface area contributed by atoms with Crippen molar-refractivity contribution in [3.63, 3.8) is 0 Å². The van der Waals surface area contributed by atoms with E-state index >= 15 is 0 Å². The quantitative estimate of drug-likeness (QED) is 0.561. The maximum Gasteiger partial charge on any atom is 0.0949 e. The van der Waals surface area contributed by atoms with E-state index < -0.39 is 0 Å². The lowest BCUT2D eigenvalue weighted by Gasteiger charge is -2.19. The summed E-state index contributed by atoms with van der Waals surface area (Å²) in [6.07, 6.45) is 2.09. The zero-order chi connectivity index (χ0) is 15.4. The maximum absolute atomic E-state index is 4.70. The third-order valence-corrected chi connectivity index (χ3v) is 6.00. The average Bonchev–Trinajstić information content (AvgIpc) is 2.76. The Balaban J connectivity index is 2.27. The molecule has 0 amide bonds. The lowest BCUT2D eigenvalue weighted by Crippen LogP contribution is -2.25. The summed E-state index contributed by atoms with van der Waals surface area (Å²) in [5.41, 5.74) is 2.51. The second kappa shape index (κ2) is 8.04. The molecule has 0 bridgehead atoms. The molecule has 2 rings (SSSR count). The second-order valence-corrected chi connectivity index (χ2v) is 8.49. The van der Waals surface area contributed by atoms with Gasteiger partial charge in [-0.3, -0.25) is 0 Å². The van der Waals surface area contributed by atoms with Crippen LogP contribution in [0, 0.1) is 17.4 Å². The van der Waals surface area contributed by atoms with Crippen LogP contribution in [0.5, 0.6) is 0 Å². The van der Waals surface area contributed by atoms with Gasteiger partial charge < -0.3 is 5.32 Å². The smallest absolute Gasteiger partial charge is 0.0949 e. The van der Waals surface area contributed by atoms with Crippen molar-refractivity contribution in [3.05, 3.63) is 47.4 Å². The summed E-state index contributed by atoms with van der Waals surface area (Å²) in [6, 6.07) is 6.81. The van der Waals surface area contributed by atoms with Gasteiger partial charge >= 0.3 is 0 Å². The van der Waals surface area contributed by atoms with Gasteiger partial charge in [-0.1, -0.05) is 22.9 Å². The maximum atomic E-state index is 4.70. The molecule has 0 aliphatic rings. The first-order chi connectivity index (χ1) is 10.0. The fourth-order valence-corrected chi connectivity index (χ4v) is 4.26. The molecule has 0 aliphatic heterocycles. The van der Waals surface area contributed by atoms with Crippen LogP contribution in [0.1, 0.15) is 40.5 Å². The molecule has 5 heteroatoms. The van der Waals surface area contributed by atoms with E-state index in [2.05, 4.69) is 82.8 Å². The van der Waals surface area contributed by atoms with Crippen molar-refractivity contribution in [2.24, 2.45) is 0 Å². The standard InChI is InChI=1S/C16H20BrIN2S/c1-4-7-19-15(9-16-20-10(2)11(3)21-16)13-8-12(17)5-6-14(13)18/h5-6,8,15,19H,4,7,9H2,1-3H3. The van der Waals surface area contributed by atoms with Crippen LogP contribution in [0.3, 0.4) is 0 Å². The highest BCUT2D eigenvalue weighted by Crippen LogP contribution is 2.28. The number of nitrogens with zero attached hydrogens (tertiary/aromatic N) is 1. The van der Waals surface area contributed by atoms with Gasteiger partial charge in [-0.2, -0.15) is 0 Å². The van der Waals surface area contributed by atoms with Crippen LogP contribution in [0.4, 0.5) is 0 Å². The molecule has 2 nitrogen and oxygen atoms in total. The van der Waals surface area contributed by atoms with Crippen molar-refractivity contribution >= 4 is 49.9 Å². The highest BCUT2D eigenvalue weighted by atomic mass is 127. The predicted octanol–water partition coefficient (Wildman–Crippen LogP) is 5.41. The topological polar surface area (TPSA) is 24.9 Å². The summed E-state index contributed by atoms with van der Waals surface area (Å²) >= 11 is 7.83.